The number of rotatable bonds is 5. The molecular formula is C13H18N2O4S. The average molecular weight is 298 g/mol. The second kappa shape index (κ2) is 5.80. The van der Waals surface area contributed by atoms with Crippen LogP contribution in [0.3, 0.4) is 0 Å². The van der Waals surface area contributed by atoms with Gasteiger partial charge in [-0.1, -0.05) is 6.07 Å². The smallest absolute Gasteiger partial charge is 0.251 e. The standard InChI is InChI=1S/C13H18N2O4S/c1-19-8-6-14-13(16)11-4-3-10-5-7-15(12(10)9-11)20(2,17)18/h3-4,9H,5-8H2,1-2H3,(H,14,16). The minimum Gasteiger partial charge on any atom is -0.383 e. The van der Waals surface area contributed by atoms with E-state index in [1.165, 1.54) is 10.6 Å². The molecule has 0 spiro atoms. The molecule has 6 nitrogen and oxygen atoms in total. The van der Waals surface area contributed by atoms with Crippen molar-refractivity contribution in [3.63, 3.8) is 0 Å². The summed E-state index contributed by atoms with van der Waals surface area (Å²) in [5, 5.41) is 2.71. The molecular weight excluding hydrogens is 280 g/mol. The van der Waals surface area contributed by atoms with Gasteiger partial charge in [-0.2, -0.15) is 0 Å². The van der Waals surface area contributed by atoms with E-state index in [4.69, 9.17) is 4.74 Å². The van der Waals surface area contributed by atoms with Crippen LogP contribution < -0.4 is 9.62 Å². The first-order chi connectivity index (χ1) is 9.43. The van der Waals surface area contributed by atoms with Crippen molar-refractivity contribution < 1.29 is 17.9 Å². The largest absolute Gasteiger partial charge is 0.383 e. The summed E-state index contributed by atoms with van der Waals surface area (Å²) < 4.78 is 29.6. The predicted octanol–water partition coefficient (Wildman–Crippen LogP) is 0.385. The Morgan fingerprint density at radius 1 is 1.45 bits per heavy atom. The number of carbonyl (C=O) groups is 1. The summed E-state index contributed by atoms with van der Waals surface area (Å²) in [6.45, 7) is 1.29. The number of benzene rings is 1. The van der Waals surface area contributed by atoms with E-state index in [9.17, 15) is 13.2 Å². The summed E-state index contributed by atoms with van der Waals surface area (Å²) in [6.07, 6.45) is 1.85. The molecule has 0 bridgehead atoms. The minimum absolute atomic E-state index is 0.231. The number of hydrogen-bond donors (Lipinski definition) is 1. The second-order valence-corrected chi connectivity index (χ2v) is 6.58. The van der Waals surface area contributed by atoms with Gasteiger partial charge in [-0.15, -0.1) is 0 Å². The Kier molecular flexibility index (Phi) is 4.29. The number of anilines is 1. The molecule has 0 saturated heterocycles. The van der Waals surface area contributed by atoms with Gasteiger partial charge in [-0.05, 0) is 24.1 Å². The molecule has 0 unspecified atom stereocenters. The van der Waals surface area contributed by atoms with Gasteiger partial charge in [-0.3, -0.25) is 9.10 Å². The number of ether oxygens (including phenoxy) is 1. The first-order valence-electron chi connectivity index (χ1n) is 6.31. The number of carbonyl (C=O) groups excluding carboxylic acids is 1. The zero-order valence-corrected chi connectivity index (χ0v) is 12.4. The molecule has 1 aromatic rings. The predicted molar refractivity (Wildman–Crippen MR) is 76.5 cm³/mol. The lowest BCUT2D eigenvalue weighted by Gasteiger charge is -2.17. The maximum atomic E-state index is 11.9. The lowest BCUT2D eigenvalue weighted by molar-refractivity contribution is 0.0937. The molecule has 0 aliphatic carbocycles. The number of methoxy groups -OCH3 is 1. The maximum absolute atomic E-state index is 11.9. The molecule has 1 heterocycles. The summed E-state index contributed by atoms with van der Waals surface area (Å²) in [5.41, 5.74) is 2.01. The quantitative estimate of drug-likeness (QED) is 0.798. The third kappa shape index (κ3) is 3.10. The summed E-state index contributed by atoms with van der Waals surface area (Å²) >= 11 is 0. The lowest BCUT2D eigenvalue weighted by atomic mass is 10.1. The van der Waals surface area contributed by atoms with Gasteiger partial charge in [0.1, 0.15) is 0 Å². The third-order valence-electron chi connectivity index (χ3n) is 3.19. The maximum Gasteiger partial charge on any atom is 0.251 e. The van der Waals surface area contributed by atoms with Crippen LogP contribution in [-0.2, 0) is 21.2 Å². The zero-order chi connectivity index (χ0) is 14.8. The van der Waals surface area contributed by atoms with E-state index in [2.05, 4.69) is 5.32 Å². The molecule has 1 N–H and O–H groups in total. The van der Waals surface area contributed by atoms with Crippen LogP contribution in [0.5, 0.6) is 0 Å². The monoisotopic (exact) mass is 298 g/mol. The summed E-state index contributed by atoms with van der Waals surface area (Å²) in [6, 6.07) is 5.16. The van der Waals surface area contributed by atoms with Crippen LogP contribution in [0.1, 0.15) is 15.9 Å². The van der Waals surface area contributed by atoms with Gasteiger partial charge in [0.25, 0.3) is 5.91 Å². The van der Waals surface area contributed by atoms with E-state index < -0.39 is 10.0 Å². The molecule has 0 saturated carbocycles. The Morgan fingerprint density at radius 3 is 2.85 bits per heavy atom. The molecule has 110 valence electrons. The SMILES string of the molecule is COCCNC(=O)c1ccc2c(c1)N(S(C)(=O)=O)CC2. The number of fused-ring (bicyclic) bond motifs is 1. The van der Waals surface area contributed by atoms with Crippen molar-refractivity contribution >= 4 is 21.6 Å². The van der Waals surface area contributed by atoms with Crippen molar-refractivity contribution in [2.75, 3.05) is 37.4 Å². The van der Waals surface area contributed by atoms with Crippen molar-refractivity contribution in [1.29, 1.82) is 0 Å². The van der Waals surface area contributed by atoms with Crippen LogP contribution in [0, 0.1) is 0 Å². The number of nitrogens with one attached hydrogen (secondary N) is 1. The summed E-state index contributed by atoms with van der Waals surface area (Å²) in [4.78, 5) is 11.9. The molecule has 1 aliphatic heterocycles. The molecule has 0 aromatic heterocycles. The van der Waals surface area contributed by atoms with Gasteiger partial charge in [0, 0.05) is 25.8 Å². The van der Waals surface area contributed by atoms with Crippen LogP contribution in [0.2, 0.25) is 0 Å². The lowest BCUT2D eigenvalue weighted by Crippen LogP contribution is -2.29. The highest BCUT2D eigenvalue weighted by Crippen LogP contribution is 2.30. The van der Waals surface area contributed by atoms with Gasteiger partial charge < -0.3 is 10.1 Å². The van der Waals surface area contributed by atoms with Crippen molar-refractivity contribution in [3.05, 3.63) is 29.3 Å². The molecule has 20 heavy (non-hydrogen) atoms. The fourth-order valence-electron chi connectivity index (χ4n) is 2.20. The highest BCUT2D eigenvalue weighted by molar-refractivity contribution is 7.92. The van der Waals surface area contributed by atoms with Crippen LogP contribution >= 0.6 is 0 Å². The first kappa shape index (κ1) is 14.8. The number of sulfonamides is 1. The Hall–Kier alpha value is -1.60. The Morgan fingerprint density at radius 2 is 2.20 bits per heavy atom. The van der Waals surface area contributed by atoms with Crippen molar-refractivity contribution in [2.45, 2.75) is 6.42 Å². The zero-order valence-electron chi connectivity index (χ0n) is 11.5. The van der Waals surface area contributed by atoms with Gasteiger partial charge in [0.2, 0.25) is 10.0 Å². The molecule has 2 rings (SSSR count). The second-order valence-electron chi connectivity index (χ2n) is 4.68. The van der Waals surface area contributed by atoms with Crippen LogP contribution in [-0.4, -0.2) is 47.4 Å². The fourth-order valence-corrected chi connectivity index (χ4v) is 3.15. The van der Waals surface area contributed by atoms with Gasteiger partial charge in [0.05, 0.1) is 18.6 Å². The molecule has 1 aromatic carbocycles. The Labute approximate surface area is 118 Å². The van der Waals surface area contributed by atoms with Gasteiger partial charge in [0.15, 0.2) is 0 Å². The van der Waals surface area contributed by atoms with Gasteiger partial charge >= 0.3 is 0 Å². The number of nitrogens with zero attached hydrogens (tertiary/aromatic N) is 1. The molecule has 1 aliphatic rings. The van der Waals surface area contributed by atoms with E-state index in [1.807, 2.05) is 6.07 Å². The average Bonchev–Trinajstić information content (AvgIpc) is 2.81. The van der Waals surface area contributed by atoms with Crippen molar-refractivity contribution in [2.24, 2.45) is 0 Å². The molecule has 7 heteroatoms. The number of hydrogen-bond acceptors (Lipinski definition) is 4. The normalized spacial score (nSPS) is 14.2. The third-order valence-corrected chi connectivity index (χ3v) is 4.37. The van der Waals surface area contributed by atoms with Gasteiger partial charge in [-0.25, -0.2) is 8.42 Å². The van der Waals surface area contributed by atoms with Crippen LogP contribution in [0.4, 0.5) is 5.69 Å². The van der Waals surface area contributed by atoms with Crippen molar-refractivity contribution in [1.82, 2.24) is 5.32 Å². The minimum atomic E-state index is -3.30. The van der Waals surface area contributed by atoms with E-state index in [0.717, 1.165) is 5.56 Å². The topological polar surface area (TPSA) is 75.7 Å². The molecule has 0 radical (unpaired) electrons. The molecule has 0 fully saturated rings. The Balaban J connectivity index is 2.21. The van der Waals surface area contributed by atoms with Crippen LogP contribution in [0.15, 0.2) is 18.2 Å². The Bertz CT molecular complexity index is 613. The van der Waals surface area contributed by atoms with E-state index >= 15 is 0 Å². The fraction of sp³-hybridized carbons (Fsp3) is 0.462. The molecule has 1 amide bonds. The molecule has 0 atom stereocenters. The van der Waals surface area contributed by atoms with Crippen LogP contribution in [0.25, 0.3) is 0 Å². The summed E-state index contributed by atoms with van der Waals surface area (Å²) in [5.74, 6) is -0.231. The summed E-state index contributed by atoms with van der Waals surface area (Å²) in [7, 11) is -1.74. The van der Waals surface area contributed by atoms with E-state index in [-0.39, 0.29) is 5.91 Å². The van der Waals surface area contributed by atoms with E-state index in [0.29, 0.717) is 37.4 Å². The highest BCUT2D eigenvalue weighted by atomic mass is 32.2. The van der Waals surface area contributed by atoms with Crippen molar-refractivity contribution in [3.8, 4) is 0 Å². The number of amides is 1. The highest BCUT2D eigenvalue weighted by Gasteiger charge is 2.26. The first-order valence-corrected chi connectivity index (χ1v) is 8.16. The van der Waals surface area contributed by atoms with E-state index in [1.54, 1.807) is 19.2 Å².